The Morgan fingerprint density at radius 2 is 1.88 bits per heavy atom. The number of carbonyl (C=O) groups is 1. The summed E-state index contributed by atoms with van der Waals surface area (Å²) >= 11 is 3.43. The molecule has 0 radical (unpaired) electrons. The first kappa shape index (κ1) is 14.0. The van der Waals surface area contributed by atoms with Crippen molar-refractivity contribution in [2.45, 2.75) is 58.9 Å². The number of halogens is 1. The van der Waals surface area contributed by atoms with Crippen LogP contribution in [0.4, 0.5) is 0 Å². The average Bonchev–Trinajstić information content (AvgIpc) is 2.25. The molecule has 1 fully saturated rings. The van der Waals surface area contributed by atoms with E-state index >= 15 is 0 Å². The second-order valence-corrected chi connectivity index (χ2v) is 6.20. The van der Waals surface area contributed by atoms with Crippen molar-refractivity contribution in [1.82, 2.24) is 4.90 Å². The lowest BCUT2D eigenvalue weighted by molar-refractivity contribution is -0.144. The lowest BCUT2D eigenvalue weighted by Crippen LogP contribution is -2.47. The molecule has 16 heavy (non-hydrogen) atoms. The monoisotopic (exact) mass is 289 g/mol. The van der Waals surface area contributed by atoms with Gasteiger partial charge in [0.15, 0.2) is 0 Å². The first-order valence-electron chi connectivity index (χ1n) is 6.38. The van der Waals surface area contributed by atoms with E-state index in [9.17, 15) is 4.79 Å². The molecule has 0 aliphatic heterocycles. The number of rotatable bonds is 4. The number of alkyl halides is 1. The van der Waals surface area contributed by atoms with Crippen molar-refractivity contribution < 1.29 is 4.79 Å². The van der Waals surface area contributed by atoms with Crippen LogP contribution in [-0.2, 0) is 4.79 Å². The molecule has 0 atom stereocenters. The van der Waals surface area contributed by atoms with E-state index in [1.165, 1.54) is 19.3 Å². The van der Waals surface area contributed by atoms with Gasteiger partial charge in [-0.15, -0.1) is 0 Å². The number of hydrogen-bond acceptors (Lipinski definition) is 1. The molecule has 0 N–H and O–H groups in total. The minimum atomic E-state index is -0.0926. The Bertz CT molecular complexity index is 234. The van der Waals surface area contributed by atoms with E-state index in [1.54, 1.807) is 0 Å². The van der Waals surface area contributed by atoms with E-state index in [2.05, 4.69) is 36.7 Å². The molecule has 0 aromatic heterocycles. The molecule has 0 heterocycles. The quantitative estimate of drug-likeness (QED) is 0.725. The van der Waals surface area contributed by atoms with Gasteiger partial charge in [-0.25, -0.2) is 0 Å². The Balaban J connectivity index is 2.72. The topological polar surface area (TPSA) is 20.3 Å². The van der Waals surface area contributed by atoms with E-state index < -0.39 is 0 Å². The fourth-order valence-electron chi connectivity index (χ4n) is 2.58. The van der Waals surface area contributed by atoms with Gasteiger partial charge < -0.3 is 4.90 Å². The Hall–Kier alpha value is -0.0500. The number of carbonyl (C=O) groups excluding carboxylic acids is 1. The molecule has 1 rings (SSSR count). The summed E-state index contributed by atoms with van der Waals surface area (Å²) in [7, 11) is 0. The molecule has 0 aromatic carbocycles. The lowest BCUT2D eigenvalue weighted by Gasteiger charge is -2.38. The summed E-state index contributed by atoms with van der Waals surface area (Å²) < 4.78 is 0. The molecule has 2 nitrogen and oxygen atoms in total. The zero-order chi connectivity index (χ0) is 12.2. The molecular formula is C13H24BrNO. The minimum Gasteiger partial charge on any atom is -0.339 e. The van der Waals surface area contributed by atoms with Crippen LogP contribution in [0.5, 0.6) is 0 Å². The third-order valence-electron chi connectivity index (χ3n) is 3.68. The molecule has 1 amide bonds. The van der Waals surface area contributed by atoms with Crippen molar-refractivity contribution in [3.8, 4) is 0 Å². The van der Waals surface area contributed by atoms with Crippen LogP contribution in [-0.4, -0.2) is 28.7 Å². The molecular weight excluding hydrogens is 266 g/mol. The van der Waals surface area contributed by atoms with Gasteiger partial charge in [-0.3, -0.25) is 4.79 Å². The maximum Gasteiger partial charge on any atom is 0.228 e. The highest BCUT2D eigenvalue weighted by molar-refractivity contribution is 9.09. The summed E-state index contributed by atoms with van der Waals surface area (Å²) in [6, 6.07) is 0.309. The van der Waals surface area contributed by atoms with Crippen LogP contribution in [0.2, 0.25) is 0 Å². The highest BCUT2D eigenvalue weighted by atomic mass is 79.9. The maximum atomic E-state index is 12.6. The number of amides is 1. The minimum absolute atomic E-state index is 0.0926. The highest BCUT2D eigenvalue weighted by Crippen LogP contribution is 2.37. The van der Waals surface area contributed by atoms with Gasteiger partial charge in [0.05, 0.1) is 0 Å². The van der Waals surface area contributed by atoms with Gasteiger partial charge in [0, 0.05) is 23.3 Å². The third kappa shape index (κ3) is 3.22. The van der Waals surface area contributed by atoms with E-state index in [4.69, 9.17) is 0 Å². The second-order valence-electron chi connectivity index (χ2n) is 5.40. The van der Waals surface area contributed by atoms with Crippen molar-refractivity contribution >= 4 is 21.8 Å². The van der Waals surface area contributed by atoms with Gasteiger partial charge in [0.2, 0.25) is 5.91 Å². The Kier molecular flexibility index (Phi) is 5.29. The molecule has 0 saturated heterocycles. The van der Waals surface area contributed by atoms with Crippen molar-refractivity contribution in [3.05, 3.63) is 0 Å². The standard InChI is InChI=1S/C13H24BrNO/c1-11(2)15(10-9-14)12(16)13(3)7-5-4-6-8-13/h11H,4-10H2,1-3H3. The molecule has 94 valence electrons. The van der Waals surface area contributed by atoms with Crippen LogP contribution in [0.1, 0.15) is 52.9 Å². The normalized spacial score (nSPS) is 19.8. The van der Waals surface area contributed by atoms with Crippen LogP contribution < -0.4 is 0 Å². The van der Waals surface area contributed by atoms with Crippen LogP contribution in [0.25, 0.3) is 0 Å². The Labute approximate surface area is 108 Å². The predicted octanol–water partition coefficient (Wildman–Crippen LogP) is 3.59. The van der Waals surface area contributed by atoms with Gasteiger partial charge in [0.1, 0.15) is 0 Å². The van der Waals surface area contributed by atoms with Crippen LogP contribution in [0.15, 0.2) is 0 Å². The Morgan fingerprint density at radius 1 is 1.31 bits per heavy atom. The molecule has 3 heteroatoms. The number of hydrogen-bond donors (Lipinski definition) is 0. The largest absolute Gasteiger partial charge is 0.339 e. The van der Waals surface area contributed by atoms with Crippen molar-refractivity contribution in [2.75, 3.05) is 11.9 Å². The van der Waals surface area contributed by atoms with E-state index in [0.717, 1.165) is 24.7 Å². The molecule has 0 aromatic rings. The van der Waals surface area contributed by atoms with Gasteiger partial charge in [-0.2, -0.15) is 0 Å². The molecule has 1 saturated carbocycles. The van der Waals surface area contributed by atoms with Gasteiger partial charge >= 0.3 is 0 Å². The fourth-order valence-corrected chi connectivity index (χ4v) is 2.96. The van der Waals surface area contributed by atoms with Crippen LogP contribution in [0, 0.1) is 5.41 Å². The lowest BCUT2D eigenvalue weighted by atomic mass is 9.74. The van der Waals surface area contributed by atoms with Gasteiger partial charge in [-0.05, 0) is 26.7 Å². The average molecular weight is 290 g/mol. The summed E-state index contributed by atoms with van der Waals surface area (Å²) in [4.78, 5) is 14.6. The predicted molar refractivity (Wildman–Crippen MR) is 71.8 cm³/mol. The molecule has 1 aliphatic carbocycles. The van der Waals surface area contributed by atoms with Gasteiger partial charge in [-0.1, -0.05) is 42.1 Å². The van der Waals surface area contributed by atoms with E-state index in [-0.39, 0.29) is 5.41 Å². The maximum absolute atomic E-state index is 12.6. The zero-order valence-corrected chi connectivity index (χ0v) is 12.3. The molecule has 0 bridgehead atoms. The van der Waals surface area contributed by atoms with Gasteiger partial charge in [0.25, 0.3) is 0 Å². The summed E-state index contributed by atoms with van der Waals surface area (Å²) in [6.07, 6.45) is 5.85. The van der Waals surface area contributed by atoms with E-state index in [0.29, 0.717) is 11.9 Å². The summed E-state index contributed by atoms with van der Waals surface area (Å²) in [6.45, 7) is 7.18. The van der Waals surface area contributed by atoms with Crippen molar-refractivity contribution in [1.29, 1.82) is 0 Å². The molecule has 0 unspecified atom stereocenters. The molecule has 1 aliphatic rings. The third-order valence-corrected chi connectivity index (χ3v) is 4.04. The first-order valence-corrected chi connectivity index (χ1v) is 7.50. The number of nitrogens with zero attached hydrogens (tertiary/aromatic N) is 1. The van der Waals surface area contributed by atoms with Crippen LogP contribution >= 0.6 is 15.9 Å². The van der Waals surface area contributed by atoms with E-state index in [1.807, 2.05) is 4.90 Å². The summed E-state index contributed by atoms with van der Waals surface area (Å²) in [5, 5.41) is 0.868. The fraction of sp³-hybridized carbons (Fsp3) is 0.923. The summed E-state index contributed by atoms with van der Waals surface area (Å²) in [5.74, 6) is 0.363. The zero-order valence-electron chi connectivity index (χ0n) is 10.8. The molecule has 0 spiro atoms. The van der Waals surface area contributed by atoms with Crippen molar-refractivity contribution in [3.63, 3.8) is 0 Å². The summed E-state index contributed by atoms with van der Waals surface area (Å²) in [5.41, 5.74) is -0.0926. The van der Waals surface area contributed by atoms with Crippen LogP contribution in [0.3, 0.4) is 0 Å². The smallest absolute Gasteiger partial charge is 0.228 e. The van der Waals surface area contributed by atoms with Crippen molar-refractivity contribution in [2.24, 2.45) is 5.41 Å². The Morgan fingerprint density at radius 3 is 2.31 bits per heavy atom. The second kappa shape index (κ2) is 6.04. The SMILES string of the molecule is CC(C)N(CCBr)C(=O)C1(C)CCCCC1. The highest BCUT2D eigenvalue weighted by Gasteiger charge is 2.37. The first-order chi connectivity index (χ1) is 7.51.